The van der Waals surface area contributed by atoms with Crippen LogP contribution in [0.3, 0.4) is 0 Å². The van der Waals surface area contributed by atoms with Crippen LogP contribution in [0.2, 0.25) is 5.02 Å². The van der Waals surface area contributed by atoms with Crippen molar-refractivity contribution in [3.8, 4) is 23.3 Å². The van der Waals surface area contributed by atoms with Gasteiger partial charge in [-0.3, -0.25) is 0 Å². The third kappa shape index (κ3) is 2.62. The number of phenolic OH excluding ortho intramolecular Hbond substituents is 1. The van der Waals surface area contributed by atoms with Gasteiger partial charge in [-0.25, -0.2) is 0 Å². The lowest BCUT2D eigenvalue weighted by atomic mass is 9.82. The van der Waals surface area contributed by atoms with Crippen molar-refractivity contribution >= 4 is 22.4 Å². The van der Waals surface area contributed by atoms with Gasteiger partial charge in [-0.05, 0) is 23.1 Å². The molecule has 0 bridgehead atoms. The normalized spacial score (nSPS) is 15.8. The maximum atomic E-state index is 10.0. The Morgan fingerprint density at radius 3 is 2.74 bits per heavy atom. The van der Waals surface area contributed by atoms with Gasteiger partial charge in [0.25, 0.3) is 0 Å². The second-order valence-electron chi connectivity index (χ2n) is 6.18. The first-order valence-corrected chi connectivity index (χ1v) is 8.58. The number of benzene rings is 3. The first-order valence-electron chi connectivity index (χ1n) is 8.20. The van der Waals surface area contributed by atoms with E-state index in [1.54, 1.807) is 12.1 Å². The summed E-state index contributed by atoms with van der Waals surface area (Å²) in [6.07, 6.45) is 0. The van der Waals surface area contributed by atoms with Gasteiger partial charge in [-0.2, -0.15) is 5.26 Å². The minimum atomic E-state index is -0.490. The Morgan fingerprint density at radius 2 is 2.00 bits per heavy atom. The summed E-state index contributed by atoms with van der Waals surface area (Å²) in [4.78, 5) is 0. The summed E-state index contributed by atoms with van der Waals surface area (Å²) in [7, 11) is 1.44. The van der Waals surface area contributed by atoms with Gasteiger partial charge in [0.2, 0.25) is 5.88 Å². The highest BCUT2D eigenvalue weighted by atomic mass is 35.5. The van der Waals surface area contributed by atoms with E-state index in [1.165, 1.54) is 7.11 Å². The van der Waals surface area contributed by atoms with Crippen molar-refractivity contribution in [1.29, 1.82) is 5.26 Å². The molecule has 27 heavy (non-hydrogen) atoms. The lowest BCUT2D eigenvalue weighted by molar-refractivity contribution is 0.372. The Morgan fingerprint density at radius 1 is 1.22 bits per heavy atom. The number of nitrogens with zero attached hydrogens (tertiary/aromatic N) is 1. The van der Waals surface area contributed by atoms with Crippen LogP contribution in [0.5, 0.6) is 17.2 Å². The third-order valence-corrected chi connectivity index (χ3v) is 5.00. The van der Waals surface area contributed by atoms with Crippen LogP contribution in [0.4, 0.5) is 0 Å². The zero-order valence-corrected chi connectivity index (χ0v) is 15.1. The monoisotopic (exact) mass is 378 g/mol. The number of hydrogen-bond acceptors (Lipinski definition) is 5. The second kappa shape index (κ2) is 6.42. The predicted molar refractivity (Wildman–Crippen MR) is 103 cm³/mol. The van der Waals surface area contributed by atoms with Crippen molar-refractivity contribution in [1.82, 2.24) is 0 Å². The number of nitrogens with two attached hydrogens (primary N) is 1. The zero-order valence-electron chi connectivity index (χ0n) is 14.4. The molecule has 5 nitrogen and oxygen atoms in total. The first-order chi connectivity index (χ1) is 13.0. The Labute approximate surface area is 160 Å². The molecule has 0 fully saturated rings. The molecular formula is C21H15ClN2O3. The molecule has 134 valence electrons. The molecular weight excluding hydrogens is 364 g/mol. The summed E-state index contributed by atoms with van der Waals surface area (Å²) in [5.41, 5.74) is 7.83. The van der Waals surface area contributed by atoms with Crippen LogP contribution in [-0.2, 0) is 0 Å². The lowest BCUT2D eigenvalue weighted by Crippen LogP contribution is -2.21. The Balaban J connectivity index is 2.02. The number of fused-ring (bicyclic) bond motifs is 3. The Bertz CT molecular complexity index is 1150. The van der Waals surface area contributed by atoms with Crippen molar-refractivity contribution < 1.29 is 14.6 Å². The highest BCUT2D eigenvalue weighted by molar-refractivity contribution is 6.32. The zero-order chi connectivity index (χ0) is 19.1. The molecule has 3 aromatic carbocycles. The number of methoxy groups -OCH3 is 1. The molecule has 1 aliphatic rings. The maximum absolute atomic E-state index is 10.0. The van der Waals surface area contributed by atoms with Gasteiger partial charge < -0.3 is 20.3 Å². The average Bonchev–Trinajstić information content (AvgIpc) is 2.68. The molecule has 0 aromatic heterocycles. The molecule has 3 aromatic rings. The summed E-state index contributed by atoms with van der Waals surface area (Å²) >= 11 is 6.17. The van der Waals surface area contributed by atoms with Crippen LogP contribution in [0.15, 0.2) is 60.0 Å². The summed E-state index contributed by atoms with van der Waals surface area (Å²) < 4.78 is 11.0. The number of rotatable bonds is 2. The molecule has 0 saturated carbocycles. The van der Waals surface area contributed by atoms with Crippen molar-refractivity contribution in [3.05, 3.63) is 76.1 Å². The van der Waals surface area contributed by atoms with E-state index in [0.29, 0.717) is 11.3 Å². The minimum absolute atomic E-state index is 0.0505. The Kier molecular flexibility index (Phi) is 4.06. The molecule has 1 aliphatic heterocycles. The van der Waals surface area contributed by atoms with Gasteiger partial charge in [0.1, 0.15) is 17.4 Å². The van der Waals surface area contributed by atoms with Gasteiger partial charge in [0.05, 0.1) is 18.1 Å². The molecule has 0 saturated heterocycles. The SMILES string of the molecule is COc1cc([C@@H]2C(C#N)=C(N)Oc3c2ccc2ccccc32)cc(Cl)c1O. The van der Waals surface area contributed by atoms with Gasteiger partial charge in [-0.1, -0.05) is 48.0 Å². The molecule has 0 radical (unpaired) electrons. The van der Waals surface area contributed by atoms with Gasteiger partial charge in [0, 0.05) is 10.9 Å². The predicted octanol–water partition coefficient (Wildman–Crippen LogP) is 4.43. The molecule has 4 rings (SSSR count). The summed E-state index contributed by atoms with van der Waals surface area (Å²) in [6, 6.07) is 17.1. The molecule has 0 spiro atoms. The van der Waals surface area contributed by atoms with Gasteiger partial charge in [-0.15, -0.1) is 0 Å². The third-order valence-electron chi connectivity index (χ3n) is 4.71. The Hall–Kier alpha value is -3.36. The van der Waals surface area contributed by atoms with E-state index in [4.69, 9.17) is 26.8 Å². The van der Waals surface area contributed by atoms with Crippen LogP contribution in [0.1, 0.15) is 17.0 Å². The van der Waals surface area contributed by atoms with E-state index in [1.807, 2.05) is 36.4 Å². The average molecular weight is 379 g/mol. The number of hydrogen-bond donors (Lipinski definition) is 2. The molecule has 1 atom stereocenters. The number of phenols is 1. The summed E-state index contributed by atoms with van der Waals surface area (Å²) in [6.45, 7) is 0. The quantitative estimate of drug-likeness (QED) is 0.688. The van der Waals surface area contributed by atoms with E-state index in [0.717, 1.165) is 16.3 Å². The number of allylic oxidation sites excluding steroid dienone is 1. The van der Waals surface area contributed by atoms with E-state index in [-0.39, 0.29) is 28.0 Å². The number of halogens is 1. The van der Waals surface area contributed by atoms with E-state index >= 15 is 0 Å². The van der Waals surface area contributed by atoms with E-state index in [9.17, 15) is 10.4 Å². The maximum Gasteiger partial charge on any atom is 0.205 e. The van der Waals surface area contributed by atoms with Crippen LogP contribution < -0.4 is 15.2 Å². The van der Waals surface area contributed by atoms with Crippen LogP contribution in [0.25, 0.3) is 10.8 Å². The summed E-state index contributed by atoms with van der Waals surface area (Å²) in [5, 5.41) is 21.8. The van der Waals surface area contributed by atoms with Crippen molar-refractivity contribution in [3.63, 3.8) is 0 Å². The van der Waals surface area contributed by atoms with Crippen molar-refractivity contribution in [2.24, 2.45) is 5.73 Å². The smallest absolute Gasteiger partial charge is 0.205 e. The highest BCUT2D eigenvalue weighted by Crippen LogP contribution is 2.47. The molecule has 0 unspecified atom stereocenters. The fourth-order valence-corrected chi connectivity index (χ4v) is 3.66. The minimum Gasteiger partial charge on any atom is -0.503 e. The fraction of sp³-hybridized carbons (Fsp3) is 0.0952. The fourth-order valence-electron chi connectivity index (χ4n) is 3.45. The van der Waals surface area contributed by atoms with Gasteiger partial charge >= 0.3 is 0 Å². The van der Waals surface area contributed by atoms with Gasteiger partial charge in [0.15, 0.2) is 11.5 Å². The number of ether oxygens (including phenoxy) is 2. The molecule has 0 amide bonds. The van der Waals surface area contributed by atoms with Crippen molar-refractivity contribution in [2.45, 2.75) is 5.92 Å². The topological polar surface area (TPSA) is 88.5 Å². The van der Waals surface area contributed by atoms with E-state index in [2.05, 4.69) is 6.07 Å². The number of nitriles is 1. The molecule has 1 heterocycles. The summed E-state index contributed by atoms with van der Waals surface area (Å²) in [5.74, 6) is 0.244. The van der Waals surface area contributed by atoms with Crippen LogP contribution >= 0.6 is 11.6 Å². The highest BCUT2D eigenvalue weighted by Gasteiger charge is 2.32. The largest absolute Gasteiger partial charge is 0.503 e. The van der Waals surface area contributed by atoms with Crippen LogP contribution in [-0.4, -0.2) is 12.2 Å². The molecule has 3 N–H and O–H groups in total. The first kappa shape index (κ1) is 17.1. The van der Waals surface area contributed by atoms with Crippen molar-refractivity contribution in [2.75, 3.05) is 7.11 Å². The molecule has 0 aliphatic carbocycles. The molecule has 6 heteroatoms. The standard InChI is InChI=1S/C21H15ClN2O3/c1-26-17-9-12(8-16(22)19(17)25)18-14-7-6-11-4-2-3-5-13(11)20(14)27-21(24)15(18)10-23/h2-9,18,25H,24H2,1H3/t18-/m0/s1. The van der Waals surface area contributed by atoms with Crippen LogP contribution in [0, 0.1) is 11.3 Å². The second-order valence-corrected chi connectivity index (χ2v) is 6.59. The van der Waals surface area contributed by atoms with E-state index < -0.39 is 5.92 Å². The number of aromatic hydroxyl groups is 1. The lowest BCUT2D eigenvalue weighted by Gasteiger charge is -2.28.